The van der Waals surface area contributed by atoms with Gasteiger partial charge in [-0.1, -0.05) is 12.8 Å². The Labute approximate surface area is 107 Å². The molecular weight excluding hydrogens is 228 g/mol. The molecule has 0 spiro atoms. The molecule has 0 saturated heterocycles. The quantitative estimate of drug-likeness (QED) is 0.635. The summed E-state index contributed by atoms with van der Waals surface area (Å²) in [6.07, 6.45) is 7.71. The third-order valence-corrected chi connectivity index (χ3v) is 4.70. The molecule has 1 aromatic rings. The van der Waals surface area contributed by atoms with Gasteiger partial charge in [0.25, 0.3) is 0 Å². The third-order valence-electron chi connectivity index (χ3n) is 3.97. The first kappa shape index (κ1) is 11.3. The Hall–Kier alpha value is -0.830. The van der Waals surface area contributed by atoms with Crippen LogP contribution in [-0.2, 0) is 6.54 Å². The summed E-state index contributed by atoms with van der Waals surface area (Å²) in [5.41, 5.74) is 1.38. The lowest BCUT2D eigenvalue weighted by Crippen LogP contribution is -2.36. The van der Waals surface area contributed by atoms with E-state index < -0.39 is 0 Å². The van der Waals surface area contributed by atoms with Crippen molar-refractivity contribution in [2.75, 3.05) is 0 Å². The molecule has 0 aromatic carbocycles. The van der Waals surface area contributed by atoms with Crippen molar-refractivity contribution in [3.05, 3.63) is 22.4 Å². The molecule has 17 heavy (non-hydrogen) atoms. The summed E-state index contributed by atoms with van der Waals surface area (Å²) in [6, 6.07) is 2.87. The van der Waals surface area contributed by atoms with E-state index in [0.29, 0.717) is 12.0 Å². The molecule has 0 aliphatic heterocycles. The largest absolute Gasteiger partial charge is 0.353 e. The maximum Gasteiger partial charge on any atom is 0.0995 e. The average molecular weight is 248 g/mol. The summed E-state index contributed by atoms with van der Waals surface area (Å²) in [7, 11) is 0. The topological polar surface area (TPSA) is 27.1 Å². The number of amidine groups is 1. The molecule has 0 amide bonds. The fourth-order valence-electron chi connectivity index (χ4n) is 2.81. The fourth-order valence-corrected chi connectivity index (χ4v) is 3.47. The van der Waals surface area contributed by atoms with E-state index in [1.54, 1.807) is 11.3 Å². The second kappa shape index (κ2) is 4.81. The van der Waals surface area contributed by atoms with Crippen LogP contribution in [0.15, 0.2) is 16.8 Å². The molecule has 2 nitrogen and oxygen atoms in total. The van der Waals surface area contributed by atoms with Crippen LogP contribution in [0.3, 0.4) is 0 Å². The number of hydrogen-bond acceptors (Lipinski definition) is 2. The molecule has 2 saturated carbocycles. The van der Waals surface area contributed by atoms with Crippen LogP contribution in [0.2, 0.25) is 0 Å². The smallest absolute Gasteiger partial charge is 0.0995 e. The van der Waals surface area contributed by atoms with Gasteiger partial charge in [0, 0.05) is 18.5 Å². The highest BCUT2D eigenvalue weighted by atomic mass is 32.1. The molecular formula is C14H20N2S. The minimum Gasteiger partial charge on any atom is -0.353 e. The van der Waals surface area contributed by atoms with Crippen LogP contribution in [0, 0.1) is 11.3 Å². The van der Waals surface area contributed by atoms with Crippen LogP contribution in [0.1, 0.15) is 44.1 Å². The highest BCUT2D eigenvalue weighted by molar-refractivity contribution is 7.07. The molecule has 92 valence electrons. The minimum absolute atomic E-state index is 0.550. The van der Waals surface area contributed by atoms with Crippen LogP contribution in [0.5, 0.6) is 0 Å². The molecule has 0 bridgehead atoms. The molecule has 2 fully saturated rings. The van der Waals surface area contributed by atoms with E-state index in [4.69, 9.17) is 5.41 Å². The number of hydrogen-bond donors (Lipinski definition) is 1. The molecule has 0 radical (unpaired) electrons. The number of rotatable bonds is 4. The van der Waals surface area contributed by atoms with Crippen molar-refractivity contribution in [2.24, 2.45) is 5.92 Å². The Morgan fingerprint density at radius 1 is 1.29 bits per heavy atom. The Bertz CT molecular complexity index is 375. The van der Waals surface area contributed by atoms with Gasteiger partial charge in [-0.25, -0.2) is 0 Å². The van der Waals surface area contributed by atoms with Crippen molar-refractivity contribution in [2.45, 2.75) is 51.1 Å². The predicted octanol–water partition coefficient (Wildman–Crippen LogP) is 3.88. The van der Waals surface area contributed by atoms with E-state index in [0.717, 1.165) is 12.4 Å². The van der Waals surface area contributed by atoms with Crippen molar-refractivity contribution in [1.29, 1.82) is 5.41 Å². The lowest BCUT2D eigenvalue weighted by molar-refractivity contribution is 0.374. The van der Waals surface area contributed by atoms with Gasteiger partial charge in [-0.2, -0.15) is 11.3 Å². The van der Waals surface area contributed by atoms with E-state index in [9.17, 15) is 0 Å². The Balaban J connectivity index is 1.68. The monoisotopic (exact) mass is 248 g/mol. The van der Waals surface area contributed by atoms with Crippen LogP contribution in [0.4, 0.5) is 0 Å². The van der Waals surface area contributed by atoms with Crippen molar-refractivity contribution >= 4 is 17.2 Å². The molecule has 2 aliphatic carbocycles. The van der Waals surface area contributed by atoms with Gasteiger partial charge in [-0.15, -0.1) is 0 Å². The van der Waals surface area contributed by atoms with Crippen LogP contribution in [0.25, 0.3) is 0 Å². The number of nitrogens with zero attached hydrogens (tertiary/aromatic N) is 1. The zero-order chi connectivity index (χ0) is 11.7. The SMILES string of the molecule is N=C(C1CCCC1)N(Cc1ccsc1)C1CC1. The zero-order valence-corrected chi connectivity index (χ0v) is 11.0. The number of thiophene rings is 1. The maximum atomic E-state index is 8.45. The van der Waals surface area contributed by atoms with Gasteiger partial charge < -0.3 is 4.90 Å². The number of nitrogens with one attached hydrogen (secondary N) is 1. The van der Waals surface area contributed by atoms with Crippen LogP contribution >= 0.6 is 11.3 Å². The maximum absolute atomic E-state index is 8.45. The van der Waals surface area contributed by atoms with Gasteiger partial charge in [0.05, 0.1) is 5.84 Å². The highest BCUT2D eigenvalue weighted by Crippen LogP contribution is 2.34. The van der Waals surface area contributed by atoms with Gasteiger partial charge in [0.1, 0.15) is 0 Å². The van der Waals surface area contributed by atoms with Crippen molar-refractivity contribution in [3.63, 3.8) is 0 Å². The Kier molecular flexibility index (Phi) is 3.19. The van der Waals surface area contributed by atoms with E-state index in [1.165, 1.54) is 44.1 Å². The summed E-state index contributed by atoms with van der Waals surface area (Å²) in [6.45, 7) is 0.962. The minimum atomic E-state index is 0.550. The van der Waals surface area contributed by atoms with Crippen LogP contribution < -0.4 is 0 Å². The van der Waals surface area contributed by atoms with E-state index in [-0.39, 0.29) is 0 Å². The molecule has 1 heterocycles. The zero-order valence-electron chi connectivity index (χ0n) is 10.2. The first-order chi connectivity index (χ1) is 8.34. The summed E-state index contributed by atoms with van der Waals surface area (Å²) < 4.78 is 0. The van der Waals surface area contributed by atoms with Crippen molar-refractivity contribution in [1.82, 2.24) is 4.90 Å². The molecule has 2 aliphatic rings. The molecule has 1 N–H and O–H groups in total. The fraction of sp³-hybridized carbons (Fsp3) is 0.643. The third kappa shape index (κ3) is 2.54. The van der Waals surface area contributed by atoms with E-state index in [1.807, 2.05) is 0 Å². The van der Waals surface area contributed by atoms with Gasteiger partial charge in [-0.05, 0) is 48.1 Å². The molecule has 3 rings (SSSR count). The summed E-state index contributed by atoms with van der Waals surface area (Å²) in [5.74, 6) is 1.48. The van der Waals surface area contributed by atoms with Crippen molar-refractivity contribution < 1.29 is 0 Å². The lowest BCUT2D eigenvalue weighted by atomic mass is 10.1. The van der Waals surface area contributed by atoms with Crippen molar-refractivity contribution in [3.8, 4) is 0 Å². The Morgan fingerprint density at radius 3 is 2.65 bits per heavy atom. The first-order valence-corrected chi connectivity index (χ1v) is 7.65. The van der Waals surface area contributed by atoms with E-state index >= 15 is 0 Å². The van der Waals surface area contributed by atoms with Crippen LogP contribution in [-0.4, -0.2) is 16.8 Å². The van der Waals surface area contributed by atoms with Gasteiger partial charge >= 0.3 is 0 Å². The van der Waals surface area contributed by atoms with Gasteiger partial charge in [0.15, 0.2) is 0 Å². The first-order valence-electron chi connectivity index (χ1n) is 6.71. The Morgan fingerprint density at radius 2 is 2.06 bits per heavy atom. The van der Waals surface area contributed by atoms with Gasteiger partial charge in [-0.3, -0.25) is 5.41 Å². The highest BCUT2D eigenvalue weighted by Gasteiger charge is 2.34. The summed E-state index contributed by atoms with van der Waals surface area (Å²) in [4.78, 5) is 2.37. The summed E-state index contributed by atoms with van der Waals surface area (Å²) >= 11 is 1.76. The second-order valence-corrected chi connectivity index (χ2v) is 6.14. The summed E-state index contributed by atoms with van der Waals surface area (Å²) in [5, 5.41) is 12.8. The standard InChI is InChI=1S/C14H20N2S/c15-14(12-3-1-2-4-12)16(13-5-6-13)9-11-7-8-17-10-11/h7-8,10,12-13,15H,1-6,9H2. The normalized spacial score (nSPS) is 20.7. The lowest BCUT2D eigenvalue weighted by Gasteiger charge is -2.28. The molecule has 0 unspecified atom stereocenters. The second-order valence-electron chi connectivity index (χ2n) is 5.36. The molecule has 3 heteroatoms. The van der Waals surface area contributed by atoms with Gasteiger partial charge in [0.2, 0.25) is 0 Å². The van der Waals surface area contributed by atoms with E-state index in [2.05, 4.69) is 21.7 Å². The average Bonchev–Trinajstić information content (AvgIpc) is 2.86. The molecule has 1 aromatic heterocycles. The molecule has 0 atom stereocenters. The predicted molar refractivity (Wildman–Crippen MR) is 72.6 cm³/mol.